The average Bonchev–Trinajstić information content (AvgIpc) is 2.41. The molecule has 0 saturated carbocycles. The van der Waals surface area contributed by atoms with Crippen molar-refractivity contribution in [2.75, 3.05) is 0 Å². The molecule has 0 bridgehead atoms. The number of aliphatic hydroxyl groups excluding tert-OH is 1. The lowest BCUT2D eigenvalue weighted by molar-refractivity contribution is 0.151. The van der Waals surface area contributed by atoms with Crippen LogP contribution in [0.3, 0.4) is 0 Å². The Morgan fingerprint density at radius 2 is 1.71 bits per heavy atom. The van der Waals surface area contributed by atoms with Gasteiger partial charge in [-0.25, -0.2) is 0 Å². The van der Waals surface area contributed by atoms with Crippen LogP contribution in [0, 0.1) is 5.92 Å². The van der Waals surface area contributed by atoms with E-state index in [-0.39, 0.29) is 17.1 Å². The minimum atomic E-state index is -1.79. The second-order valence-corrected chi connectivity index (χ2v) is 13.6. The number of aliphatic hydroxyl groups is 1. The van der Waals surface area contributed by atoms with E-state index in [1.165, 1.54) is 5.57 Å². The fraction of sp³-hybridized carbons (Fsp3) is 0.714. The second-order valence-electron chi connectivity index (χ2n) is 8.79. The highest BCUT2D eigenvalue weighted by Crippen LogP contribution is 2.38. The Labute approximate surface area is 151 Å². The normalized spacial score (nSPS) is 17.3. The van der Waals surface area contributed by atoms with Gasteiger partial charge < -0.3 is 9.53 Å². The van der Waals surface area contributed by atoms with Gasteiger partial charge in [-0.1, -0.05) is 65.0 Å². The van der Waals surface area contributed by atoms with Crippen LogP contribution in [-0.4, -0.2) is 25.6 Å². The first kappa shape index (κ1) is 23.4. The quantitative estimate of drug-likeness (QED) is 0.302. The maximum absolute atomic E-state index is 10.1. The van der Waals surface area contributed by atoms with E-state index in [1.54, 1.807) is 0 Å². The van der Waals surface area contributed by atoms with Crippen molar-refractivity contribution in [3.8, 4) is 0 Å². The summed E-state index contributed by atoms with van der Waals surface area (Å²) in [5, 5.41) is 10.3. The molecule has 0 fully saturated rings. The molecule has 140 valence electrons. The molecule has 0 aromatic carbocycles. The van der Waals surface area contributed by atoms with Gasteiger partial charge in [-0.2, -0.15) is 0 Å². The van der Waals surface area contributed by atoms with Crippen LogP contribution in [0.15, 0.2) is 36.0 Å². The SMILES string of the molecule is C=C(/C=C(\C)[C@@H](CC)O[Si](C)(C)C(C)(C)C)C[C@H](C)C(O)C(=C)C. The lowest BCUT2D eigenvalue weighted by Gasteiger charge is -2.39. The topological polar surface area (TPSA) is 29.5 Å². The summed E-state index contributed by atoms with van der Waals surface area (Å²) >= 11 is 0. The number of hydrogen-bond donors (Lipinski definition) is 1. The van der Waals surface area contributed by atoms with Crippen molar-refractivity contribution in [1.82, 2.24) is 0 Å². The summed E-state index contributed by atoms with van der Waals surface area (Å²) in [4.78, 5) is 0. The Morgan fingerprint density at radius 1 is 1.21 bits per heavy atom. The summed E-state index contributed by atoms with van der Waals surface area (Å²) in [6.07, 6.45) is 3.54. The summed E-state index contributed by atoms with van der Waals surface area (Å²) in [5.41, 5.74) is 3.07. The molecule has 3 heteroatoms. The molecule has 24 heavy (non-hydrogen) atoms. The molecule has 0 saturated heterocycles. The highest BCUT2D eigenvalue weighted by atomic mass is 28.4. The lowest BCUT2D eigenvalue weighted by Crippen LogP contribution is -2.44. The minimum Gasteiger partial charge on any atom is -0.410 e. The molecule has 1 N–H and O–H groups in total. The van der Waals surface area contributed by atoms with Gasteiger partial charge in [0.25, 0.3) is 0 Å². The van der Waals surface area contributed by atoms with E-state index >= 15 is 0 Å². The van der Waals surface area contributed by atoms with E-state index in [0.29, 0.717) is 0 Å². The highest BCUT2D eigenvalue weighted by Gasteiger charge is 2.39. The molecular weight excluding hydrogens is 312 g/mol. The third-order valence-electron chi connectivity index (χ3n) is 5.18. The number of hydrogen-bond acceptors (Lipinski definition) is 2. The van der Waals surface area contributed by atoms with Gasteiger partial charge in [0.1, 0.15) is 0 Å². The predicted molar refractivity (Wildman–Crippen MR) is 110 cm³/mol. The maximum atomic E-state index is 10.1. The minimum absolute atomic E-state index is 0.125. The molecule has 0 spiro atoms. The maximum Gasteiger partial charge on any atom is 0.192 e. The Balaban J connectivity index is 5.01. The van der Waals surface area contributed by atoms with Crippen LogP contribution in [-0.2, 0) is 4.43 Å². The van der Waals surface area contributed by atoms with Gasteiger partial charge in [-0.3, -0.25) is 0 Å². The molecule has 0 radical (unpaired) electrons. The van der Waals surface area contributed by atoms with Crippen LogP contribution >= 0.6 is 0 Å². The molecule has 0 aliphatic rings. The number of rotatable bonds is 9. The van der Waals surface area contributed by atoms with Gasteiger partial charge in [0.15, 0.2) is 8.32 Å². The zero-order valence-corrected chi connectivity index (χ0v) is 18.5. The molecule has 0 aromatic heterocycles. The van der Waals surface area contributed by atoms with E-state index in [0.717, 1.165) is 24.0 Å². The molecule has 0 aromatic rings. The Morgan fingerprint density at radius 3 is 2.08 bits per heavy atom. The van der Waals surface area contributed by atoms with Crippen molar-refractivity contribution in [3.05, 3.63) is 36.0 Å². The molecule has 1 unspecified atom stereocenters. The molecule has 0 heterocycles. The van der Waals surface area contributed by atoms with Crippen LogP contribution in [0.25, 0.3) is 0 Å². The van der Waals surface area contributed by atoms with Crippen molar-refractivity contribution < 1.29 is 9.53 Å². The lowest BCUT2D eigenvalue weighted by atomic mass is 9.92. The third-order valence-corrected chi connectivity index (χ3v) is 9.67. The van der Waals surface area contributed by atoms with E-state index in [2.05, 4.69) is 66.9 Å². The van der Waals surface area contributed by atoms with Gasteiger partial charge >= 0.3 is 0 Å². The molecule has 2 nitrogen and oxygen atoms in total. The zero-order valence-electron chi connectivity index (χ0n) is 17.5. The summed E-state index contributed by atoms with van der Waals surface area (Å²) in [6, 6.07) is 0. The van der Waals surface area contributed by atoms with Gasteiger partial charge in [-0.05, 0) is 56.3 Å². The molecule has 0 aliphatic carbocycles. The van der Waals surface area contributed by atoms with Crippen molar-refractivity contribution in [2.45, 2.75) is 91.6 Å². The first-order valence-corrected chi connectivity index (χ1v) is 12.0. The smallest absolute Gasteiger partial charge is 0.192 e. The highest BCUT2D eigenvalue weighted by molar-refractivity contribution is 6.74. The fourth-order valence-electron chi connectivity index (χ4n) is 2.52. The Kier molecular flexibility index (Phi) is 8.92. The van der Waals surface area contributed by atoms with Gasteiger partial charge in [-0.15, -0.1) is 0 Å². The molecular formula is C21H40O2Si. The van der Waals surface area contributed by atoms with Gasteiger partial charge in [0, 0.05) is 0 Å². The van der Waals surface area contributed by atoms with Crippen molar-refractivity contribution >= 4 is 8.32 Å². The second kappa shape index (κ2) is 9.16. The fourth-order valence-corrected chi connectivity index (χ4v) is 3.93. The van der Waals surface area contributed by atoms with E-state index in [4.69, 9.17) is 4.43 Å². The zero-order chi connectivity index (χ0) is 19.3. The van der Waals surface area contributed by atoms with Crippen LogP contribution in [0.1, 0.15) is 61.3 Å². The van der Waals surface area contributed by atoms with E-state index in [9.17, 15) is 5.11 Å². The summed E-state index contributed by atoms with van der Waals surface area (Å²) < 4.78 is 6.57. The summed E-state index contributed by atoms with van der Waals surface area (Å²) in [6.45, 7) is 27.6. The largest absolute Gasteiger partial charge is 0.410 e. The van der Waals surface area contributed by atoms with E-state index in [1.807, 2.05) is 13.8 Å². The first-order chi connectivity index (χ1) is 10.7. The first-order valence-electron chi connectivity index (χ1n) is 9.10. The van der Waals surface area contributed by atoms with Crippen molar-refractivity contribution in [1.29, 1.82) is 0 Å². The van der Waals surface area contributed by atoms with Crippen LogP contribution in [0.5, 0.6) is 0 Å². The molecule has 3 atom stereocenters. The van der Waals surface area contributed by atoms with Crippen LogP contribution < -0.4 is 0 Å². The summed E-state index contributed by atoms with van der Waals surface area (Å²) in [7, 11) is -1.79. The number of allylic oxidation sites excluding steroid dienone is 2. The van der Waals surface area contributed by atoms with Crippen molar-refractivity contribution in [2.24, 2.45) is 5.92 Å². The molecule has 0 rings (SSSR count). The summed E-state index contributed by atoms with van der Waals surface area (Å²) in [5.74, 6) is 0.125. The van der Waals surface area contributed by atoms with Crippen LogP contribution in [0.2, 0.25) is 18.1 Å². The van der Waals surface area contributed by atoms with E-state index < -0.39 is 14.4 Å². The standard InChI is InChI=1S/C21H40O2Si/c1-12-19(23-24(10,11)21(7,8)9)17(5)13-16(4)14-18(6)20(22)15(2)3/h13,18-20,22H,2,4,12,14H2,1,3,5-11H3/b17-13+/t18-,19+,20?/m0/s1. The predicted octanol–water partition coefficient (Wildman–Crippen LogP) is 6.25. The van der Waals surface area contributed by atoms with Gasteiger partial charge in [0.2, 0.25) is 0 Å². The van der Waals surface area contributed by atoms with Gasteiger partial charge in [0.05, 0.1) is 12.2 Å². The Hall–Kier alpha value is -0.643. The van der Waals surface area contributed by atoms with Crippen molar-refractivity contribution in [3.63, 3.8) is 0 Å². The average molecular weight is 353 g/mol. The molecule has 0 amide bonds. The monoisotopic (exact) mass is 352 g/mol. The molecule has 0 aliphatic heterocycles. The van der Waals surface area contributed by atoms with Crippen LogP contribution in [0.4, 0.5) is 0 Å². The third kappa shape index (κ3) is 7.08. The Bertz CT molecular complexity index is 469.